The first kappa shape index (κ1) is 23.9. The highest BCUT2D eigenvalue weighted by molar-refractivity contribution is 6.74. The molecule has 2 aliphatic rings. The Morgan fingerprint density at radius 3 is 2.07 bits per heavy atom. The maximum absolute atomic E-state index is 12.3. The molecule has 8 heteroatoms. The van der Waals surface area contributed by atoms with Crippen molar-refractivity contribution in [3.8, 4) is 0 Å². The lowest BCUT2D eigenvalue weighted by Gasteiger charge is -2.46. The number of fused-ring (bicyclic) bond motifs is 1. The lowest BCUT2D eigenvalue weighted by atomic mass is 9.97. The summed E-state index contributed by atoms with van der Waals surface area (Å²) < 4.78 is 24.9. The van der Waals surface area contributed by atoms with Gasteiger partial charge in [-0.25, -0.2) is 4.79 Å². The van der Waals surface area contributed by atoms with Crippen molar-refractivity contribution in [3.05, 3.63) is 0 Å². The molecule has 0 aromatic heterocycles. The third kappa shape index (κ3) is 4.66. The number of carbonyl (C=O) groups is 1. The number of amides is 1. The second-order valence-electron chi connectivity index (χ2n) is 11.3. The Morgan fingerprint density at radius 1 is 1.04 bits per heavy atom. The van der Waals surface area contributed by atoms with Crippen LogP contribution in [0.3, 0.4) is 0 Å². The number of nitrogens with zero attached hydrogens (tertiary/aromatic N) is 1. The van der Waals surface area contributed by atoms with Crippen molar-refractivity contribution in [1.82, 2.24) is 4.90 Å². The summed E-state index contributed by atoms with van der Waals surface area (Å²) in [6, 6.07) is -0.136. The summed E-state index contributed by atoms with van der Waals surface area (Å²) >= 11 is 0. The molecule has 0 aliphatic carbocycles. The molecule has 1 amide bonds. The zero-order chi connectivity index (χ0) is 21.7. The Labute approximate surface area is 173 Å². The summed E-state index contributed by atoms with van der Waals surface area (Å²) in [4.78, 5) is 14.0. The fourth-order valence-corrected chi connectivity index (χ4v) is 5.42. The minimum absolute atomic E-state index is 0.0901. The van der Waals surface area contributed by atoms with E-state index in [1.54, 1.807) is 11.9 Å². The summed E-state index contributed by atoms with van der Waals surface area (Å²) in [7, 11) is -2.10. The van der Waals surface area contributed by atoms with Crippen LogP contribution < -0.4 is 0 Å². The number of carbonyl (C=O) groups excluding carboxylic acids is 1. The van der Waals surface area contributed by atoms with Crippen molar-refractivity contribution in [3.63, 3.8) is 0 Å². The van der Waals surface area contributed by atoms with Gasteiger partial charge in [0.1, 0.15) is 12.1 Å². The van der Waals surface area contributed by atoms with Crippen LogP contribution >= 0.6 is 0 Å². The van der Waals surface area contributed by atoms with Crippen LogP contribution in [0, 0.1) is 0 Å². The standard InChI is InChI=1S/C20H41NO5Si2/c1-19(2,3)27(8,9)24-13-15-17-16(21(7)18(22)25-17)14(12-23-15)26-28(10,11)20(4,5)6/h14-17H,12-13H2,1-11H3/t14-,15-,16-,17+/m1/s1. The van der Waals surface area contributed by atoms with Crippen molar-refractivity contribution in [2.75, 3.05) is 20.3 Å². The first-order valence-electron chi connectivity index (χ1n) is 10.3. The molecule has 0 unspecified atom stereocenters. The van der Waals surface area contributed by atoms with Crippen LogP contribution in [0.1, 0.15) is 41.5 Å². The van der Waals surface area contributed by atoms with E-state index in [2.05, 4.69) is 67.7 Å². The van der Waals surface area contributed by atoms with Crippen LogP contribution in [0.2, 0.25) is 36.3 Å². The molecule has 2 heterocycles. The number of hydrogen-bond acceptors (Lipinski definition) is 5. The molecule has 0 radical (unpaired) electrons. The predicted molar refractivity (Wildman–Crippen MR) is 117 cm³/mol. The maximum Gasteiger partial charge on any atom is 0.410 e. The molecule has 0 spiro atoms. The van der Waals surface area contributed by atoms with E-state index in [1.165, 1.54) is 0 Å². The molecule has 2 fully saturated rings. The monoisotopic (exact) mass is 431 g/mol. The van der Waals surface area contributed by atoms with Gasteiger partial charge < -0.3 is 23.2 Å². The van der Waals surface area contributed by atoms with Crippen molar-refractivity contribution < 1.29 is 23.1 Å². The summed E-state index contributed by atoms with van der Waals surface area (Å²) in [5.74, 6) is 0. The molecular weight excluding hydrogens is 390 g/mol. The van der Waals surface area contributed by atoms with Gasteiger partial charge in [0, 0.05) is 7.05 Å². The maximum atomic E-state index is 12.3. The first-order valence-corrected chi connectivity index (χ1v) is 16.2. The Morgan fingerprint density at radius 2 is 1.57 bits per heavy atom. The average Bonchev–Trinajstić information content (AvgIpc) is 2.80. The van der Waals surface area contributed by atoms with Crippen LogP contribution in [0.4, 0.5) is 4.79 Å². The zero-order valence-electron chi connectivity index (χ0n) is 19.7. The molecule has 0 aromatic carbocycles. The average molecular weight is 432 g/mol. The third-order valence-electron chi connectivity index (χ3n) is 7.20. The van der Waals surface area contributed by atoms with E-state index in [4.69, 9.17) is 18.3 Å². The van der Waals surface area contributed by atoms with Crippen LogP contribution in [0.5, 0.6) is 0 Å². The number of hydrogen-bond donors (Lipinski definition) is 0. The first-order chi connectivity index (χ1) is 12.5. The van der Waals surface area contributed by atoms with Gasteiger partial charge in [-0.05, 0) is 36.3 Å². The highest BCUT2D eigenvalue weighted by atomic mass is 28.4. The van der Waals surface area contributed by atoms with E-state index in [1.807, 2.05) is 0 Å². The Bertz CT molecular complexity index is 582. The summed E-state index contributed by atoms with van der Waals surface area (Å²) in [6.45, 7) is 23.1. The molecule has 164 valence electrons. The van der Waals surface area contributed by atoms with Crippen molar-refractivity contribution in [2.24, 2.45) is 0 Å². The van der Waals surface area contributed by atoms with Gasteiger partial charge in [0.15, 0.2) is 22.7 Å². The number of likely N-dealkylation sites (N-methyl/N-ethyl adjacent to an activating group) is 1. The Kier molecular flexibility index (Phi) is 6.55. The fourth-order valence-electron chi connectivity index (χ4n) is 3.09. The summed E-state index contributed by atoms with van der Waals surface area (Å²) in [5.41, 5.74) is 0. The molecule has 0 N–H and O–H groups in total. The van der Waals surface area contributed by atoms with Gasteiger partial charge in [0.25, 0.3) is 0 Å². The minimum Gasteiger partial charge on any atom is -0.441 e. The number of ether oxygens (including phenoxy) is 2. The van der Waals surface area contributed by atoms with Gasteiger partial charge in [0.2, 0.25) is 0 Å². The molecule has 28 heavy (non-hydrogen) atoms. The normalized spacial score (nSPS) is 29.7. The van der Waals surface area contributed by atoms with E-state index in [9.17, 15) is 4.79 Å². The SMILES string of the molecule is CN1C(=O)O[C@@H]2[C@H]1[C@H](O[Si](C)(C)C(C)(C)C)CO[C@@H]2CO[Si](C)(C)C(C)(C)C. The molecule has 2 aliphatic heterocycles. The third-order valence-corrected chi connectivity index (χ3v) is 16.2. The topological polar surface area (TPSA) is 57.2 Å². The molecule has 4 atom stereocenters. The van der Waals surface area contributed by atoms with E-state index in [-0.39, 0.29) is 40.5 Å². The second kappa shape index (κ2) is 7.68. The lowest BCUT2D eigenvalue weighted by Crippen LogP contribution is -2.61. The Hall–Kier alpha value is -0.416. The quantitative estimate of drug-likeness (QED) is 0.595. The van der Waals surface area contributed by atoms with Crippen molar-refractivity contribution >= 4 is 22.7 Å². The summed E-state index contributed by atoms with van der Waals surface area (Å²) in [6.07, 6.45) is -1.09. The van der Waals surface area contributed by atoms with Crippen LogP contribution in [-0.2, 0) is 18.3 Å². The molecule has 6 nitrogen and oxygen atoms in total. The highest BCUT2D eigenvalue weighted by Gasteiger charge is 2.54. The molecule has 2 saturated heterocycles. The minimum atomic E-state index is -2.00. The molecule has 0 aromatic rings. The Balaban J connectivity index is 2.15. The smallest absolute Gasteiger partial charge is 0.410 e. The van der Waals surface area contributed by atoms with E-state index in [0.717, 1.165) is 0 Å². The zero-order valence-corrected chi connectivity index (χ0v) is 21.7. The van der Waals surface area contributed by atoms with Gasteiger partial charge in [-0.2, -0.15) is 0 Å². The van der Waals surface area contributed by atoms with Crippen LogP contribution in [-0.4, -0.2) is 72.2 Å². The van der Waals surface area contributed by atoms with Gasteiger partial charge >= 0.3 is 6.09 Å². The molecule has 2 rings (SSSR count). The van der Waals surface area contributed by atoms with Crippen molar-refractivity contribution in [1.29, 1.82) is 0 Å². The largest absolute Gasteiger partial charge is 0.441 e. The molecule has 0 saturated carbocycles. The van der Waals surface area contributed by atoms with Gasteiger partial charge in [-0.1, -0.05) is 41.5 Å². The van der Waals surface area contributed by atoms with Crippen molar-refractivity contribution in [2.45, 2.75) is 102 Å². The predicted octanol–water partition coefficient (Wildman–Crippen LogP) is 4.62. The van der Waals surface area contributed by atoms with E-state index in [0.29, 0.717) is 13.2 Å². The molecule has 0 bridgehead atoms. The van der Waals surface area contributed by atoms with Gasteiger partial charge in [-0.15, -0.1) is 0 Å². The molecular formula is C20H41NO5Si2. The van der Waals surface area contributed by atoms with Gasteiger partial charge in [0.05, 0.1) is 19.3 Å². The van der Waals surface area contributed by atoms with Crippen LogP contribution in [0.25, 0.3) is 0 Å². The van der Waals surface area contributed by atoms with E-state index >= 15 is 0 Å². The second-order valence-corrected chi connectivity index (χ2v) is 20.9. The van der Waals surface area contributed by atoms with E-state index < -0.39 is 16.6 Å². The fraction of sp³-hybridized carbons (Fsp3) is 0.950. The number of rotatable bonds is 5. The van der Waals surface area contributed by atoms with Crippen LogP contribution in [0.15, 0.2) is 0 Å². The lowest BCUT2D eigenvalue weighted by molar-refractivity contribution is -0.135. The highest BCUT2D eigenvalue weighted by Crippen LogP contribution is 2.41. The van der Waals surface area contributed by atoms with Gasteiger partial charge in [-0.3, -0.25) is 0 Å². The summed E-state index contributed by atoms with van der Waals surface area (Å²) in [5, 5.41) is 0.213.